The lowest BCUT2D eigenvalue weighted by molar-refractivity contribution is -0.384. The predicted octanol–water partition coefficient (Wildman–Crippen LogP) is 1.56. The van der Waals surface area contributed by atoms with E-state index in [0.717, 1.165) is 6.26 Å². The quantitative estimate of drug-likeness (QED) is 0.328. The number of hydrogen-bond acceptors (Lipinski definition) is 6. The van der Waals surface area contributed by atoms with Crippen molar-refractivity contribution in [3.63, 3.8) is 0 Å². The molecule has 8 heteroatoms. The van der Waals surface area contributed by atoms with E-state index in [9.17, 15) is 23.3 Å². The second kappa shape index (κ2) is 6.67. The van der Waals surface area contributed by atoms with E-state index in [2.05, 4.69) is 0 Å². The van der Waals surface area contributed by atoms with Crippen molar-refractivity contribution in [2.45, 2.75) is 0 Å². The zero-order valence-electron chi connectivity index (χ0n) is 10.2. The Labute approximate surface area is 115 Å². The first-order valence-electron chi connectivity index (χ1n) is 5.33. The number of sulfone groups is 1. The van der Waals surface area contributed by atoms with Crippen LogP contribution in [0.2, 0.25) is 0 Å². The van der Waals surface area contributed by atoms with Gasteiger partial charge in [-0.15, -0.1) is 0 Å². The molecule has 104 valence electrons. The lowest BCUT2D eigenvalue weighted by atomic mass is 10.1. The molecule has 0 atom stereocenters. The van der Waals surface area contributed by atoms with E-state index in [4.69, 9.17) is 0 Å². The average molecular weight is 303 g/mol. The summed E-state index contributed by atoms with van der Waals surface area (Å²) >= 11 is 1.23. The van der Waals surface area contributed by atoms with Crippen LogP contribution < -0.4 is 0 Å². The standard InChI is InChI=1S/C11H13NO5S2/c1-19(16,17)7-6-18-8-11(13)9-2-4-10(5-3-9)12(14)15/h2-5H,6-8H2,1H3. The number of Topliss-reactive ketones (excluding diaryl/α,β-unsaturated/α-hetero) is 1. The Bertz CT molecular complexity index is 565. The monoisotopic (exact) mass is 303 g/mol. The molecule has 1 aromatic rings. The smallest absolute Gasteiger partial charge is 0.269 e. The van der Waals surface area contributed by atoms with Crippen LogP contribution in [0.25, 0.3) is 0 Å². The van der Waals surface area contributed by atoms with Crippen molar-refractivity contribution in [3.05, 3.63) is 39.9 Å². The van der Waals surface area contributed by atoms with Crippen molar-refractivity contribution in [2.75, 3.05) is 23.5 Å². The minimum absolute atomic E-state index is 0.0329. The van der Waals surface area contributed by atoms with Crippen molar-refractivity contribution in [2.24, 2.45) is 0 Å². The number of carbonyl (C=O) groups is 1. The maximum Gasteiger partial charge on any atom is 0.269 e. The number of ketones is 1. The molecule has 0 aromatic heterocycles. The van der Waals surface area contributed by atoms with Gasteiger partial charge in [0, 0.05) is 29.7 Å². The third-order valence-corrected chi connectivity index (χ3v) is 4.39. The molecule has 0 radical (unpaired) electrons. The van der Waals surface area contributed by atoms with Crippen molar-refractivity contribution in [1.82, 2.24) is 0 Å². The summed E-state index contributed by atoms with van der Waals surface area (Å²) in [4.78, 5) is 21.6. The Kier molecular flexibility index (Phi) is 5.49. The van der Waals surface area contributed by atoms with E-state index in [-0.39, 0.29) is 23.0 Å². The van der Waals surface area contributed by atoms with Crippen LogP contribution in [0.15, 0.2) is 24.3 Å². The Morgan fingerprint density at radius 1 is 1.32 bits per heavy atom. The summed E-state index contributed by atoms with van der Waals surface area (Å²) in [6.45, 7) is 0. The van der Waals surface area contributed by atoms with Crippen LogP contribution >= 0.6 is 11.8 Å². The number of carbonyl (C=O) groups excluding carboxylic acids is 1. The first-order chi connectivity index (χ1) is 8.79. The van der Waals surface area contributed by atoms with Crippen LogP contribution in [0.3, 0.4) is 0 Å². The zero-order chi connectivity index (χ0) is 14.5. The van der Waals surface area contributed by atoms with Crippen LogP contribution in [-0.4, -0.2) is 42.6 Å². The molecule has 0 aliphatic rings. The van der Waals surface area contributed by atoms with Gasteiger partial charge < -0.3 is 0 Å². The molecule has 6 nitrogen and oxygen atoms in total. The van der Waals surface area contributed by atoms with Crippen LogP contribution in [0.1, 0.15) is 10.4 Å². The molecule has 0 unspecified atom stereocenters. The molecule has 0 bridgehead atoms. The lowest BCUT2D eigenvalue weighted by Gasteiger charge is -2.01. The second-order valence-corrected chi connectivity index (χ2v) is 7.27. The van der Waals surface area contributed by atoms with Crippen molar-refractivity contribution in [1.29, 1.82) is 0 Å². The van der Waals surface area contributed by atoms with Gasteiger partial charge in [-0.25, -0.2) is 8.42 Å². The summed E-state index contributed by atoms with van der Waals surface area (Å²) in [6.07, 6.45) is 1.14. The number of hydrogen-bond donors (Lipinski definition) is 0. The van der Waals surface area contributed by atoms with E-state index >= 15 is 0 Å². The van der Waals surface area contributed by atoms with Crippen LogP contribution in [0.4, 0.5) is 5.69 Å². The van der Waals surface area contributed by atoms with Gasteiger partial charge in [0.2, 0.25) is 0 Å². The van der Waals surface area contributed by atoms with E-state index < -0.39 is 14.8 Å². The number of nitro groups is 1. The molecule has 0 N–H and O–H groups in total. The molecule has 0 amide bonds. The van der Waals surface area contributed by atoms with Gasteiger partial charge >= 0.3 is 0 Å². The maximum atomic E-state index is 11.7. The summed E-state index contributed by atoms with van der Waals surface area (Å²) in [6, 6.07) is 5.35. The molecular formula is C11H13NO5S2. The van der Waals surface area contributed by atoms with Gasteiger partial charge in [-0.05, 0) is 12.1 Å². The summed E-state index contributed by atoms with van der Waals surface area (Å²) in [7, 11) is -3.01. The van der Waals surface area contributed by atoms with Gasteiger partial charge in [0.15, 0.2) is 5.78 Å². The number of benzene rings is 1. The minimum atomic E-state index is -3.01. The van der Waals surface area contributed by atoms with Crippen LogP contribution in [0, 0.1) is 10.1 Å². The fraction of sp³-hybridized carbons (Fsp3) is 0.364. The summed E-state index contributed by atoms with van der Waals surface area (Å²) in [5, 5.41) is 10.4. The van der Waals surface area contributed by atoms with Crippen LogP contribution in [0.5, 0.6) is 0 Å². The number of nitro benzene ring substituents is 1. The normalized spacial score (nSPS) is 11.2. The Morgan fingerprint density at radius 3 is 2.37 bits per heavy atom. The van der Waals surface area contributed by atoms with Crippen molar-refractivity contribution in [3.8, 4) is 0 Å². The largest absolute Gasteiger partial charge is 0.293 e. The fourth-order valence-corrected chi connectivity index (χ4v) is 3.41. The average Bonchev–Trinajstić information content (AvgIpc) is 2.33. The highest BCUT2D eigenvalue weighted by Gasteiger charge is 2.10. The van der Waals surface area contributed by atoms with Gasteiger partial charge in [0.1, 0.15) is 9.84 Å². The molecule has 19 heavy (non-hydrogen) atoms. The highest BCUT2D eigenvalue weighted by Crippen LogP contribution is 2.14. The molecule has 0 aliphatic heterocycles. The Morgan fingerprint density at radius 2 is 1.89 bits per heavy atom. The SMILES string of the molecule is CS(=O)(=O)CCSCC(=O)c1ccc([N+](=O)[O-])cc1. The van der Waals surface area contributed by atoms with Gasteiger partial charge in [-0.3, -0.25) is 14.9 Å². The molecule has 0 saturated heterocycles. The predicted molar refractivity (Wildman–Crippen MR) is 74.5 cm³/mol. The molecule has 1 rings (SSSR count). The van der Waals surface area contributed by atoms with Gasteiger partial charge in [-0.2, -0.15) is 11.8 Å². The van der Waals surface area contributed by atoms with E-state index in [1.807, 2.05) is 0 Å². The molecule has 0 aliphatic carbocycles. The fourth-order valence-electron chi connectivity index (χ4n) is 1.23. The van der Waals surface area contributed by atoms with E-state index in [1.165, 1.54) is 36.0 Å². The lowest BCUT2D eigenvalue weighted by Crippen LogP contribution is -2.08. The Hall–Kier alpha value is -1.41. The first kappa shape index (κ1) is 15.6. The van der Waals surface area contributed by atoms with Crippen LogP contribution in [-0.2, 0) is 9.84 Å². The Balaban J connectivity index is 2.48. The number of non-ortho nitro benzene ring substituents is 1. The number of thioether (sulfide) groups is 1. The highest BCUT2D eigenvalue weighted by molar-refractivity contribution is 8.01. The third kappa shape index (κ3) is 5.84. The summed E-state index contributed by atoms with van der Waals surface area (Å²) in [5.41, 5.74) is 0.318. The number of nitrogens with zero attached hydrogens (tertiary/aromatic N) is 1. The topological polar surface area (TPSA) is 94.3 Å². The van der Waals surface area contributed by atoms with E-state index in [0.29, 0.717) is 11.3 Å². The third-order valence-electron chi connectivity index (χ3n) is 2.23. The molecule has 1 aromatic carbocycles. The van der Waals surface area contributed by atoms with Gasteiger partial charge in [0.05, 0.1) is 16.4 Å². The summed E-state index contributed by atoms with van der Waals surface area (Å²) in [5.74, 6) is 0.379. The molecule has 0 heterocycles. The molecule has 0 spiro atoms. The molecule has 0 fully saturated rings. The molecular weight excluding hydrogens is 290 g/mol. The molecule has 0 saturated carbocycles. The number of rotatable bonds is 7. The first-order valence-corrected chi connectivity index (χ1v) is 8.54. The minimum Gasteiger partial charge on any atom is -0.293 e. The van der Waals surface area contributed by atoms with E-state index in [1.54, 1.807) is 0 Å². The van der Waals surface area contributed by atoms with Gasteiger partial charge in [0.25, 0.3) is 5.69 Å². The highest BCUT2D eigenvalue weighted by atomic mass is 32.2. The maximum absolute atomic E-state index is 11.7. The second-order valence-electron chi connectivity index (χ2n) is 3.91. The van der Waals surface area contributed by atoms with Gasteiger partial charge in [-0.1, -0.05) is 0 Å². The van der Waals surface area contributed by atoms with Crippen molar-refractivity contribution >= 4 is 33.1 Å². The van der Waals surface area contributed by atoms with Crippen molar-refractivity contribution < 1.29 is 18.1 Å². The summed E-state index contributed by atoms with van der Waals surface area (Å²) < 4.78 is 21.8. The zero-order valence-corrected chi connectivity index (χ0v) is 11.9.